The molecule has 0 radical (unpaired) electrons. The van der Waals surface area contributed by atoms with E-state index >= 15 is 0 Å². The third-order valence-corrected chi connectivity index (χ3v) is 3.37. The maximum Gasteiger partial charge on any atom is 0.307 e. The molecule has 1 aliphatic carbocycles. The molecule has 0 heterocycles. The molecule has 1 rings (SSSR count). The third-order valence-electron chi connectivity index (χ3n) is 2.76. The van der Waals surface area contributed by atoms with E-state index in [-0.39, 0.29) is 15.8 Å². The number of aliphatic carboxylic acids is 1. The van der Waals surface area contributed by atoms with E-state index in [1.165, 1.54) is 6.08 Å². The van der Waals surface area contributed by atoms with Gasteiger partial charge in [0.15, 0.2) is 0 Å². The molecule has 15 heavy (non-hydrogen) atoms. The van der Waals surface area contributed by atoms with Gasteiger partial charge in [-0.1, -0.05) is 48.7 Å². The highest BCUT2D eigenvalue weighted by molar-refractivity contribution is 6.56. The Balaban J connectivity index is 2.80. The van der Waals surface area contributed by atoms with Crippen LogP contribution >= 0.6 is 34.8 Å². The van der Waals surface area contributed by atoms with Crippen molar-refractivity contribution in [2.75, 3.05) is 0 Å². The van der Waals surface area contributed by atoms with Crippen LogP contribution in [0.2, 0.25) is 0 Å². The first-order valence-electron chi connectivity index (χ1n) is 4.39. The normalized spacial score (nSPS) is 28.5. The van der Waals surface area contributed by atoms with Crippen LogP contribution in [0.5, 0.6) is 0 Å². The Kier molecular flexibility index (Phi) is 3.75. The molecule has 0 aliphatic heterocycles. The molecule has 0 amide bonds. The Morgan fingerprint density at radius 1 is 1.20 bits per heavy atom. The molecule has 84 valence electrons. The maximum atomic E-state index is 10.9. The Labute approximate surface area is 104 Å². The van der Waals surface area contributed by atoms with Crippen molar-refractivity contribution in [3.05, 3.63) is 21.7 Å². The van der Waals surface area contributed by atoms with Crippen molar-refractivity contribution >= 4 is 40.8 Å². The number of allylic oxidation sites excluding steroid dienone is 3. The predicted octanol–water partition coefficient (Wildman–Crippen LogP) is 3.78. The van der Waals surface area contributed by atoms with E-state index in [1.807, 2.05) is 13.8 Å². The van der Waals surface area contributed by atoms with Crippen LogP contribution in [0.15, 0.2) is 21.7 Å². The number of carboxylic acid groups (broad SMARTS) is 1. The predicted molar refractivity (Wildman–Crippen MR) is 62.1 cm³/mol. The topological polar surface area (TPSA) is 37.3 Å². The van der Waals surface area contributed by atoms with Crippen molar-refractivity contribution < 1.29 is 9.90 Å². The van der Waals surface area contributed by atoms with E-state index in [0.717, 1.165) is 0 Å². The van der Waals surface area contributed by atoms with E-state index in [9.17, 15) is 4.79 Å². The number of hydrogen-bond acceptors (Lipinski definition) is 1. The lowest BCUT2D eigenvalue weighted by Gasteiger charge is -1.99. The van der Waals surface area contributed by atoms with Crippen LogP contribution < -0.4 is 0 Å². The third kappa shape index (κ3) is 2.68. The van der Waals surface area contributed by atoms with Crippen molar-refractivity contribution in [2.45, 2.75) is 13.8 Å². The second kappa shape index (κ2) is 4.36. The van der Waals surface area contributed by atoms with E-state index in [4.69, 9.17) is 39.9 Å². The standard InChI is InChI=1S/C10H11Cl3O2/c1-10(2)7(8(10)9(14)15)5(11)3-4-6(12)13/h3-4,7-8H,1-2H3,(H,14,15). The van der Waals surface area contributed by atoms with Gasteiger partial charge < -0.3 is 5.11 Å². The van der Waals surface area contributed by atoms with Gasteiger partial charge in [-0.25, -0.2) is 0 Å². The van der Waals surface area contributed by atoms with Gasteiger partial charge in [-0.3, -0.25) is 4.79 Å². The highest BCUT2D eigenvalue weighted by atomic mass is 35.5. The van der Waals surface area contributed by atoms with Crippen LogP contribution in [0.1, 0.15) is 13.8 Å². The zero-order valence-corrected chi connectivity index (χ0v) is 10.6. The average molecular weight is 270 g/mol. The van der Waals surface area contributed by atoms with Crippen LogP contribution in [-0.4, -0.2) is 11.1 Å². The molecule has 1 fully saturated rings. The molecule has 1 N–H and O–H groups in total. The second-order valence-corrected chi connectivity index (χ2v) is 5.57. The SMILES string of the molecule is CC1(C)C(C(=O)O)C1C(Cl)=CC=C(Cl)Cl. The average Bonchev–Trinajstić information content (AvgIpc) is 2.65. The molecule has 0 aromatic heterocycles. The van der Waals surface area contributed by atoms with Gasteiger partial charge in [-0.15, -0.1) is 0 Å². The van der Waals surface area contributed by atoms with Crippen LogP contribution in [-0.2, 0) is 4.79 Å². The molecule has 2 unspecified atom stereocenters. The van der Waals surface area contributed by atoms with Crippen LogP contribution in [0.25, 0.3) is 0 Å². The van der Waals surface area contributed by atoms with E-state index in [0.29, 0.717) is 5.03 Å². The molecule has 2 atom stereocenters. The summed E-state index contributed by atoms with van der Waals surface area (Å²) in [5, 5.41) is 9.41. The van der Waals surface area contributed by atoms with Gasteiger partial charge in [0.2, 0.25) is 0 Å². The zero-order chi connectivity index (χ0) is 11.8. The van der Waals surface area contributed by atoms with Gasteiger partial charge in [0.25, 0.3) is 0 Å². The summed E-state index contributed by atoms with van der Waals surface area (Å²) >= 11 is 16.8. The molecule has 0 saturated heterocycles. The molecule has 1 saturated carbocycles. The fraction of sp³-hybridized carbons (Fsp3) is 0.500. The molecular weight excluding hydrogens is 258 g/mol. The van der Waals surface area contributed by atoms with Gasteiger partial charge in [0.1, 0.15) is 4.49 Å². The van der Waals surface area contributed by atoms with Gasteiger partial charge in [0.05, 0.1) is 5.92 Å². The zero-order valence-electron chi connectivity index (χ0n) is 8.30. The largest absolute Gasteiger partial charge is 0.481 e. The summed E-state index contributed by atoms with van der Waals surface area (Å²) < 4.78 is 0.0958. The van der Waals surface area contributed by atoms with Crippen LogP contribution in [0.3, 0.4) is 0 Å². The van der Waals surface area contributed by atoms with E-state index in [2.05, 4.69) is 0 Å². The van der Waals surface area contributed by atoms with E-state index < -0.39 is 11.9 Å². The number of carboxylic acids is 1. The molecule has 2 nitrogen and oxygen atoms in total. The summed E-state index contributed by atoms with van der Waals surface area (Å²) in [6.07, 6.45) is 2.99. The monoisotopic (exact) mass is 268 g/mol. The van der Waals surface area contributed by atoms with Crippen molar-refractivity contribution in [2.24, 2.45) is 17.3 Å². The molecule has 0 aromatic rings. The summed E-state index contributed by atoms with van der Waals surface area (Å²) in [6.45, 7) is 3.75. The van der Waals surface area contributed by atoms with E-state index in [1.54, 1.807) is 6.08 Å². The lowest BCUT2D eigenvalue weighted by Crippen LogP contribution is -2.03. The van der Waals surface area contributed by atoms with Crippen molar-refractivity contribution in [3.63, 3.8) is 0 Å². The van der Waals surface area contributed by atoms with Crippen molar-refractivity contribution in [3.8, 4) is 0 Å². The van der Waals surface area contributed by atoms with Gasteiger partial charge >= 0.3 is 5.97 Å². The molecule has 0 aromatic carbocycles. The molecule has 0 bridgehead atoms. The van der Waals surface area contributed by atoms with Crippen LogP contribution in [0, 0.1) is 17.3 Å². The minimum absolute atomic E-state index is 0.0958. The Morgan fingerprint density at radius 2 is 1.73 bits per heavy atom. The van der Waals surface area contributed by atoms with Gasteiger partial charge in [0, 0.05) is 11.0 Å². The maximum absolute atomic E-state index is 10.9. The molecule has 5 heteroatoms. The summed E-state index contributed by atoms with van der Waals surface area (Å²) in [5.41, 5.74) is -0.300. The first kappa shape index (κ1) is 12.9. The minimum atomic E-state index is -0.822. The fourth-order valence-corrected chi connectivity index (χ4v) is 2.46. The lowest BCUT2D eigenvalue weighted by atomic mass is 10.1. The number of rotatable bonds is 3. The molecular formula is C10H11Cl3O2. The minimum Gasteiger partial charge on any atom is -0.481 e. The van der Waals surface area contributed by atoms with Gasteiger partial charge in [-0.2, -0.15) is 0 Å². The van der Waals surface area contributed by atoms with Crippen LogP contribution in [0.4, 0.5) is 0 Å². The molecule has 0 spiro atoms. The number of carbonyl (C=O) groups is 1. The van der Waals surface area contributed by atoms with Crippen molar-refractivity contribution in [1.82, 2.24) is 0 Å². The Morgan fingerprint density at radius 3 is 2.07 bits per heavy atom. The van der Waals surface area contributed by atoms with Gasteiger partial charge in [-0.05, 0) is 17.6 Å². The Hall–Kier alpha value is -0.180. The first-order chi connectivity index (χ1) is 6.78. The summed E-state index contributed by atoms with van der Waals surface area (Å²) in [5.74, 6) is -1.40. The molecule has 1 aliphatic rings. The fourth-order valence-electron chi connectivity index (χ4n) is 1.86. The summed E-state index contributed by atoms with van der Waals surface area (Å²) in [7, 11) is 0. The number of hydrogen-bond donors (Lipinski definition) is 1. The highest BCUT2D eigenvalue weighted by Crippen LogP contribution is 2.62. The highest BCUT2D eigenvalue weighted by Gasteiger charge is 2.63. The Bertz CT molecular complexity index is 341. The summed E-state index contributed by atoms with van der Waals surface area (Å²) in [6, 6.07) is 0. The number of halogens is 3. The lowest BCUT2D eigenvalue weighted by molar-refractivity contribution is -0.139. The summed E-state index contributed by atoms with van der Waals surface area (Å²) in [4.78, 5) is 10.9. The first-order valence-corrected chi connectivity index (χ1v) is 5.53. The second-order valence-electron chi connectivity index (χ2n) is 4.12. The quantitative estimate of drug-likeness (QED) is 0.792. The smallest absolute Gasteiger partial charge is 0.307 e. The van der Waals surface area contributed by atoms with Crippen molar-refractivity contribution in [1.29, 1.82) is 0 Å².